The van der Waals surface area contributed by atoms with Gasteiger partial charge in [0.05, 0.1) is 13.7 Å². The van der Waals surface area contributed by atoms with E-state index in [0.717, 1.165) is 33.6 Å². The number of methoxy groups -OCH3 is 1. The van der Waals surface area contributed by atoms with Crippen molar-refractivity contribution in [1.29, 1.82) is 0 Å². The van der Waals surface area contributed by atoms with Crippen molar-refractivity contribution in [2.45, 2.75) is 13.1 Å². The van der Waals surface area contributed by atoms with Crippen LogP contribution in [0.3, 0.4) is 0 Å². The summed E-state index contributed by atoms with van der Waals surface area (Å²) < 4.78 is 7.70. The maximum Gasteiger partial charge on any atom is 0.270 e. The first-order chi connectivity index (χ1) is 15.6. The number of nitrogens with zero attached hydrogens (tertiary/aromatic N) is 3. The van der Waals surface area contributed by atoms with Gasteiger partial charge in [-0.1, -0.05) is 48.5 Å². The van der Waals surface area contributed by atoms with Crippen LogP contribution in [0, 0.1) is 0 Å². The highest BCUT2D eigenvalue weighted by Crippen LogP contribution is 2.29. The molecule has 0 N–H and O–H groups in total. The van der Waals surface area contributed by atoms with Crippen molar-refractivity contribution >= 4 is 27.5 Å². The number of ether oxygens (including phenoxy) is 1. The number of thiophene rings is 1. The second-order valence-corrected chi connectivity index (χ2v) is 9.02. The van der Waals surface area contributed by atoms with Crippen LogP contribution in [0.15, 0.2) is 72.1 Å². The summed E-state index contributed by atoms with van der Waals surface area (Å²) in [5, 5.41) is 3.17. The van der Waals surface area contributed by atoms with Crippen LogP contribution < -0.4 is 4.74 Å². The molecule has 0 bridgehead atoms. The lowest BCUT2D eigenvalue weighted by Crippen LogP contribution is -2.37. The highest BCUT2D eigenvalue weighted by Gasteiger charge is 2.23. The summed E-state index contributed by atoms with van der Waals surface area (Å²) in [6.45, 7) is 2.64. The number of fused-ring (bicyclic) bond motifs is 1. The summed E-state index contributed by atoms with van der Waals surface area (Å²) in [4.78, 5) is 19.0. The van der Waals surface area contributed by atoms with Crippen LogP contribution in [0.25, 0.3) is 10.2 Å². The third-order valence-corrected chi connectivity index (χ3v) is 6.51. The molecule has 5 nitrogen and oxygen atoms in total. The van der Waals surface area contributed by atoms with Crippen LogP contribution in [0.2, 0.25) is 0 Å². The summed E-state index contributed by atoms with van der Waals surface area (Å²) >= 11 is 1.66. The first-order valence-electron chi connectivity index (χ1n) is 10.7. The minimum Gasteiger partial charge on any atom is -0.496 e. The Morgan fingerprint density at radius 2 is 1.75 bits per heavy atom. The molecule has 0 saturated heterocycles. The molecule has 0 saturated carbocycles. The Morgan fingerprint density at radius 1 is 1.00 bits per heavy atom. The van der Waals surface area contributed by atoms with Gasteiger partial charge in [-0.3, -0.25) is 4.79 Å². The summed E-state index contributed by atoms with van der Waals surface area (Å²) in [7, 11) is 5.75. The molecule has 0 fully saturated rings. The number of rotatable bonds is 9. The van der Waals surface area contributed by atoms with E-state index in [9.17, 15) is 4.79 Å². The molecule has 1 amide bonds. The molecule has 0 aliphatic heterocycles. The largest absolute Gasteiger partial charge is 0.496 e. The number of hydrogen-bond acceptors (Lipinski definition) is 4. The van der Waals surface area contributed by atoms with Crippen molar-refractivity contribution in [2.24, 2.45) is 0 Å². The molecule has 4 rings (SSSR count). The van der Waals surface area contributed by atoms with Crippen molar-refractivity contribution in [3.8, 4) is 5.75 Å². The van der Waals surface area contributed by atoms with Crippen LogP contribution in [-0.2, 0) is 13.1 Å². The topological polar surface area (TPSA) is 37.7 Å². The minimum atomic E-state index is 0.0500. The summed E-state index contributed by atoms with van der Waals surface area (Å²) in [6, 6.07) is 22.3. The first-order valence-corrected chi connectivity index (χ1v) is 11.6. The van der Waals surface area contributed by atoms with Crippen molar-refractivity contribution in [3.63, 3.8) is 0 Å². The van der Waals surface area contributed by atoms with Crippen molar-refractivity contribution in [1.82, 2.24) is 14.4 Å². The number of likely N-dealkylation sites (N-methyl/N-ethyl adjacent to an activating group) is 1. The average molecular weight is 448 g/mol. The number of carbonyl (C=O) groups is 1. The number of hydrogen-bond donors (Lipinski definition) is 0. The van der Waals surface area contributed by atoms with Gasteiger partial charge < -0.3 is 19.1 Å². The van der Waals surface area contributed by atoms with E-state index in [1.807, 2.05) is 61.5 Å². The van der Waals surface area contributed by atoms with E-state index < -0.39 is 0 Å². The molecular weight excluding hydrogens is 418 g/mol. The van der Waals surface area contributed by atoms with Crippen molar-refractivity contribution < 1.29 is 9.53 Å². The second-order valence-electron chi connectivity index (χ2n) is 8.12. The summed E-state index contributed by atoms with van der Waals surface area (Å²) in [5.74, 6) is 0.882. The monoisotopic (exact) mass is 447 g/mol. The zero-order valence-electron chi connectivity index (χ0n) is 18.8. The fraction of sp³-hybridized carbons (Fsp3) is 0.269. The van der Waals surface area contributed by atoms with E-state index in [2.05, 4.69) is 39.1 Å². The molecule has 0 atom stereocenters. The SMILES string of the molecule is COc1ccccc1Cn1c(C(=O)N(CCN(C)C)Cc2ccccc2)cc2ccsc21. The molecule has 0 aliphatic rings. The van der Waals surface area contributed by atoms with Crippen LogP contribution in [0.5, 0.6) is 5.75 Å². The van der Waals surface area contributed by atoms with E-state index in [1.165, 1.54) is 0 Å². The molecule has 2 aromatic carbocycles. The van der Waals surface area contributed by atoms with Gasteiger partial charge in [0.1, 0.15) is 16.3 Å². The highest BCUT2D eigenvalue weighted by atomic mass is 32.1. The predicted molar refractivity (Wildman–Crippen MR) is 132 cm³/mol. The Labute approximate surface area is 193 Å². The van der Waals surface area contributed by atoms with Gasteiger partial charge in [0.2, 0.25) is 0 Å². The van der Waals surface area contributed by atoms with E-state index in [4.69, 9.17) is 4.74 Å². The lowest BCUT2D eigenvalue weighted by molar-refractivity contribution is 0.0722. The lowest BCUT2D eigenvalue weighted by Gasteiger charge is -2.25. The number of para-hydroxylation sites is 1. The van der Waals surface area contributed by atoms with Crippen LogP contribution in [-0.4, -0.2) is 54.6 Å². The van der Waals surface area contributed by atoms with Gasteiger partial charge in [-0.25, -0.2) is 0 Å². The molecule has 0 unspecified atom stereocenters. The van der Waals surface area contributed by atoms with E-state index in [-0.39, 0.29) is 5.91 Å². The van der Waals surface area contributed by atoms with E-state index >= 15 is 0 Å². The normalized spacial score (nSPS) is 11.2. The zero-order chi connectivity index (χ0) is 22.5. The second kappa shape index (κ2) is 10.0. The third kappa shape index (κ3) is 4.87. The Bertz CT molecular complexity index is 1180. The van der Waals surface area contributed by atoms with Crippen molar-refractivity contribution in [2.75, 3.05) is 34.3 Å². The maximum absolute atomic E-state index is 13.9. The Kier molecular flexibility index (Phi) is 6.93. The molecule has 32 heavy (non-hydrogen) atoms. The molecular formula is C26H29N3O2S. The van der Waals surface area contributed by atoms with Crippen LogP contribution in [0.1, 0.15) is 21.6 Å². The number of amides is 1. The third-order valence-electron chi connectivity index (χ3n) is 5.56. The van der Waals surface area contributed by atoms with Crippen LogP contribution in [0.4, 0.5) is 0 Å². The number of benzene rings is 2. The Balaban J connectivity index is 1.70. The van der Waals surface area contributed by atoms with Gasteiger partial charge >= 0.3 is 0 Å². The molecule has 2 heterocycles. The van der Waals surface area contributed by atoms with Crippen molar-refractivity contribution in [3.05, 3.63) is 88.9 Å². The molecule has 0 aliphatic carbocycles. The van der Waals surface area contributed by atoms with Gasteiger partial charge in [0.15, 0.2) is 0 Å². The molecule has 0 radical (unpaired) electrons. The Hall–Kier alpha value is -3.09. The van der Waals surface area contributed by atoms with Gasteiger partial charge in [0, 0.05) is 30.6 Å². The van der Waals surface area contributed by atoms with Gasteiger partial charge in [-0.05, 0) is 43.2 Å². The van der Waals surface area contributed by atoms with E-state index in [1.54, 1.807) is 18.4 Å². The minimum absolute atomic E-state index is 0.0500. The van der Waals surface area contributed by atoms with Gasteiger partial charge in [-0.2, -0.15) is 0 Å². The Morgan fingerprint density at radius 3 is 2.50 bits per heavy atom. The average Bonchev–Trinajstić information content (AvgIpc) is 3.39. The van der Waals surface area contributed by atoms with Gasteiger partial charge in [-0.15, -0.1) is 11.3 Å². The highest BCUT2D eigenvalue weighted by molar-refractivity contribution is 7.16. The molecule has 6 heteroatoms. The number of carbonyl (C=O) groups excluding carboxylic acids is 1. The standard InChI is InChI=1S/C26H29N3O2S/c1-27(2)14-15-28(18-20-9-5-4-6-10-20)25(30)23-17-21-13-16-32-26(21)29(23)19-22-11-7-8-12-24(22)31-3/h4-13,16-17H,14-15,18-19H2,1-3H3. The fourth-order valence-corrected chi connectivity index (χ4v) is 4.75. The van der Waals surface area contributed by atoms with E-state index in [0.29, 0.717) is 25.3 Å². The quantitative estimate of drug-likeness (QED) is 0.364. The molecule has 2 aromatic heterocycles. The summed E-state index contributed by atoms with van der Waals surface area (Å²) in [6.07, 6.45) is 0. The molecule has 4 aromatic rings. The predicted octanol–water partition coefficient (Wildman–Crippen LogP) is 4.96. The lowest BCUT2D eigenvalue weighted by atomic mass is 10.2. The maximum atomic E-state index is 13.9. The summed E-state index contributed by atoms with van der Waals surface area (Å²) in [5.41, 5.74) is 2.90. The van der Waals surface area contributed by atoms with Gasteiger partial charge in [0.25, 0.3) is 5.91 Å². The number of aromatic nitrogens is 1. The first kappa shape index (κ1) is 22.1. The molecule has 166 valence electrons. The van der Waals surface area contributed by atoms with Crippen LogP contribution >= 0.6 is 11.3 Å². The smallest absolute Gasteiger partial charge is 0.270 e. The molecule has 0 spiro atoms. The fourth-order valence-electron chi connectivity index (χ4n) is 3.85. The zero-order valence-corrected chi connectivity index (χ0v) is 19.6.